The van der Waals surface area contributed by atoms with Crippen molar-refractivity contribution in [1.82, 2.24) is 10.2 Å². The Balaban J connectivity index is 2.35. The molecule has 6 nitrogen and oxygen atoms in total. The van der Waals surface area contributed by atoms with Crippen molar-refractivity contribution >= 4 is 15.8 Å². The lowest BCUT2D eigenvalue weighted by Gasteiger charge is -2.27. The molecule has 1 N–H and O–H groups in total. The van der Waals surface area contributed by atoms with E-state index in [1.807, 2.05) is 11.9 Å². The number of ether oxygens (including phenoxy) is 1. The second kappa shape index (κ2) is 7.45. The summed E-state index contributed by atoms with van der Waals surface area (Å²) in [5, 5.41) is 3.12. The third-order valence-corrected chi connectivity index (χ3v) is 6.02. The number of rotatable bonds is 8. The van der Waals surface area contributed by atoms with Gasteiger partial charge in [0.1, 0.15) is 0 Å². The maximum Gasteiger partial charge on any atom is 0.193 e. The van der Waals surface area contributed by atoms with Gasteiger partial charge in [-0.25, -0.2) is 8.42 Å². The number of nitrogens with one attached hydrogen (secondary N) is 1. The molecule has 1 saturated carbocycles. The van der Waals surface area contributed by atoms with E-state index in [0.29, 0.717) is 19.1 Å². The first kappa shape index (κ1) is 18.2. The third kappa shape index (κ3) is 6.22. The lowest BCUT2D eigenvalue weighted by Crippen LogP contribution is -2.48. The van der Waals surface area contributed by atoms with Crippen LogP contribution in [0.3, 0.4) is 0 Å². The molecule has 0 spiro atoms. The Labute approximate surface area is 128 Å². The van der Waals surface area contributed by atoms with Crippen LogP contribution in [-0.4, -0.2) is 70.7 Å². The predicted octanol–water partition coefficient (Wildman–Crippen LogP) is 0.743. The van der Waals surface area contributed by atoms with Crippen molar-refractivity contribution in [2.24, 2.45) is 10.9 Å². The number of likely N-dealkylation sites (N-methyl/N-ethyl adjacent to an activating group) is 1. The molecule has 0 aromatic rings. The molecule has 0 atom stereocenters. The fraction of sp³-hybridized carbons (Fsp3) is 0.929. The molecule has 0 aromatic carbocycles. The van der Waals surface area contributed by atoms with Crippen LogP contribution in [0, 0.1) is 5.92 Å². The zero-order chi connectivity index (χ0) is 16.1. The van der Waals surface area contributed by atoms with Gasteiger partial charge in [-0.3, -0.25) is 4.99 Å². The highest BCUT2D eigenvalue weighted by Gasteiger charge is 2.30. The Kier molecular flexibility index (Phi) is 6.46. The van der Waals surface area contributed by atoms with Crippen LogP contribution < -0.4 is 5.32 Å². The minimum Gasteiger partial charge on any atom is -0.379 e. The van der Waals surface area contributed by atoms with Crippen LogP contribution in [0.4, 0.5) is 0 Å². The quantitative estimate of drug-likeness (QED) is 0.406. The molecule has 124 valence electrons. The molecule has 0 radical (unpaired) electrons. The third-order valence-electron chi connectivity index (χ3n) is 3.87. The molecule has 0 amide bonds. The maximum absolute atomic E-state index is 11.7. The van der Waals surface area contributed by atoms with Gasteiger partial charge in [0.25, 0.3) is 0 Å². The predicted molar refractivity (Wildman–Crippen MR) is 86.5 cm³/mol. The van der Waals surface area contributed by atoms with Gasteiger partial charge in [-0.1, -0.05) is 0 Å². The van der Waals surface area contributed by atoms with E-state index in [1.54, 1.807) is 20.9 Å². The van der Waals surface area contributed by atoms with Gasteiger partial charge in [0.05, 0.1) is 11.4 Å². The van der Waals surface area contributed by atoms with E-state index in [2.05, 4.69) is 10.3 Å². The van der Waals surface area contributed by atoms with E-state index in [0.717, 1.165) is 19.1 Å². The van der Waals surface area contributed by atoms with Crippen LogP contribution in [-0.2, 0) is 14.6 Å². The number of guanidine groups is 1. The molecule has 1 aliphatic carbocycles. The Bertz CT molecular complexity index is 456. The van der Waals surface area contributed by atoms with Crippen molar-refractivity contribution in [3.63, 3.8) is 0 Å². The molecule has 0 saturated heterocycles. The molecular weight excluding hydrogens is 290 g/mol. The first-order valence-electron chi connectivity index (χ1n) is 7.36. The summed E-state index contributed by atoms with van der Waals surface area (Å²) in [6.45, 7) is 5.98. The first-order valence-corrected chi connectivity index (χ1v) is 9.25. The highest BCUT2D eigenvalue weighted by Crippen LogP contribution is 2.28. The lowest BCUT2D eigenvalue weighted by molar-refractivity contribution is 0.115. The fourth-order valence-electron chi connectivity index (χ4n) is 1.65. The number of hydrogen-bond donors (Lipinski definition) is 1. The van der Waals surface area contributed by atoms with Gasteiger partial charge in [-0.05, 0) is 32.6 Å². The van der Waals surface area contributed by atoms with Crippen molar-refractivity contribution in [3.05, 3.63) is 0 Å². The van der Waals surface area contributed by atoms with Crippen LogP contribution in [0.2, 0.25) is 0 Å². The normalized spacial score (nSPS) is 16.9. The highest BCUT2D eigenvalue weighted by molar-refractivity contribution is 7.92. The molecule has 1 fully saturated rings. The molecule has 1 rings (SSSR count). The van der Waals surface area contributed by atoms with Gasteiger partial charge in [-0.15, -0.1) is 0 Å². The minimum atomic E-state index is -3.12. The zero-order valence-electron chi connectivity index (χ0n) is 13.8. The monoisotopic (exact) mass is 319 g/mol. The topological polar surface area (TPSA) is 71.0 Å². The van der Waals surface area contributed by atoms with E-state index in [9.17, 15) is 8.42 Å². The standard InChI is InChI=1S/C14H29N3O3S/c1-14(2,21(5,18)19)11-16-13(15-3)17(4)8-9-20-10-12-6-7-12/h12H,6-11H2,1-5H3,(H,15,16). The molecule has 0 aliphatic heterocycles. The summed E-state index contributed by atoms with van der Waals surface area (Å²) in [5.74, 6) is 1.45. The van der Waals surface area contributed by atoms with Gasteiger partial charge in [0.2, 0.25) is 0 Å². The fourth-order valence-corrected chi connectivity index (χ4v) is 1.98. The molecule has 0 aromatic heterocycles. The molecule has 1 aliphatic rings. The Hall–Kier alpha value is -0.820. The van der Waals surface area contributed by atoms with E-state index in [1.165, 1.54) is 19.1 Å². The van der Waals surface area contributed by atoms with Gasteiger partial charge in [-0.2, -0.15) is 0 Å². The number of hydrogen-bond acceptors (Lipinski definition) is 4. The molecule has 0 heterocycles. The second-order valence-electron chi connectivity index (χ2n) is 6.37. The van der Waals surface area contributed by atoms with Crippen molar-refractivity contribution in [1.29, 1.82) is 0 Å². The average Bonchev–Trinajstić information content (AvgIpc) is 3.18. The summed E-state index contributed by atoms with van der Waals surface area (Å²) < 4.78 is 28.2. The van der Waals surface area contributed by atoms with Crippen LogP contribution in [0.15, 0.2) is 4.99 Å². The average molecular weight is 319 g/mol. The zero-order valence-corrected chi connectivity index (χ0v) is 14.7. The largest absolute Gasteiger partial charge is 0.379 e. The smallest absolute Gasteiger partial charge is 0.193 e. The van der Waals surface area contributed by atoms with Gasteiger partial charge >= 0.3 is 0 Å². The van der Waals surface area contributed by atoms with Crippen molar-refractivity contribution in [2.45, 2.75) is 31.4 Å². The van der Waals surface area contributed by atoms with Crippen molar-refractivity contribution in [3.8, 4) is 0 Å². The second-order valence-corrected chi connectivity index (χ2v) is 9.02. The minimum absolute atomic E-state index is 0.325. The van der Waals surface area contributed by atoms with Gasteiger partial charge < -0.3 is 15.0 Å². The highest BCUT2D eigenvalue weighted by atomic mass is 32.2. The van der Waals surface area contributed by atoms with Gasteiger partial charge in [0.15, 0.2) is 15.8 Å². The summed E-state index contributed by atoms with van der Waals surface area (Å²) in [6.07, 6.45) is 3.84. The van der Waals surface area contributed by atoms with E-state index < -0.39 is 14.6 Å². The first-order chi connectivity index (χ1) is 9.67. The molecule has 0 bridgehead atoms. The summed E-state index contributed by atoms with van der Waals surface area (Å²) >= 11 is 0. The number of sulfone groups is 1. The summed E-state index contributed by atoms with van der Waals surface area (Å²) in [5.41, 5.74) is 0. The Morgan fingerprint density at radius 2 is 2.05 bits per heavy atom. The van der Waals surface area contributed by atoms with E-state index in [4.69, 9.17) is 4.74 Å². The van der Waals surface area contributed by atoms with E-state index >= 15 is 0 Å². The maximum atomic E-state index is 11.7. The Morgan fingerprint density at radius 1 is 1.43 bits per heavy atom. The van der Waals surface area contributed by atoms with Crippen molar-refractivity contribution in [2.75, 3.05) is 46.7 Å². The van der Waals surface area contributed by atoms with E-state index in [-0.39, 0.29) is 0 Å². The Morgan fingerprint density at radius 3 is 2.52 bits per heavy atom. The van der Waals surface area contributed by atoms with Crippen LogP contribution >= 0.6 is 0 Å². The van der Waals surface area contributed by atoms with Gasteiger partial charge in [0, 0.05) is 40.0 Å². The van der Waals surface area contributed by atoms with Crippen molar-refractivity contribution < 1.29 is 13.2 Å². The SMILES string of the molecule is CN=C(NCC(C)(C)S(C)(=O)=O)N(C)CCOCC1CC1. The lowest BCUT2D eigenvalue weighted by atomic mass is 10.2. The summed E-state index contributed by atoms with van der Waals surface area (Å²) in [6, 6.07) is 0. The number of aliphatic imine (C=N–C) groups is 1. The van der Waals surface area contributed by atoms with Crippen LogP contribution in [0.25, 0.3) is 0 Å². The molecule has 7 heteroatoms. The van der Waals surface area contributed by atoms with Crippen LogP contribution in [0.1, 0.15) is 26.7 Å². The number of nitrogens with zero attached hydrogens (tertiary/aromatic N) is 2. The summed E-state index contributed by atoms with van der Waals surface area (Å²) in [4.78, 5) is 6.13. The summed E-state index contributed by atoms with van der Waals surface area (Å²) in [7, 11) is 0.496. The molecule has 0 unspecified atom stereocenters. The molecule has 21 heavy (non-hydrogen) atoms. The van der Waals surface area contributed by atoms with Crippen LogP contribution in [0.5, 0.6) is 0 Å². The molecular formula is C14H29N3O3S.